The molecule has 39 heavy (non-hydrogen) atoms. The summed E-state index contributed by atoms with van der Waals surface area (Å²) in [5.41, 5.74) is 4.07. The molecule has 1 aliphatic rings. The maximum absolute atomic E-state index is 13.4. The predicted octanol–water partition coefficient (Wildman–Crippen LogP) is 9.18. The molecule has 1 aromatic heterocycles. The van der Waals surface area contributed by atoms with Crippen LogP contribution in [0, 0.1) is 0 Å². The summed E-state index contributed by atoms with van der Waals surface area (Å²) < 4.78 is 11.5. The minimum atomic E-state index is -0.144. The van der Waals surface area contributed by atoms with Gasteiger partial charge in [0, 0.05) is 16.8 Å². The molecule has 9 heteroatoms. The fourth-order valence-electron chi connectivity index (χ4n) is 4.46. The normalized spacial score (nSPS) is 12.8. The van der Waals surface area contributed by atoms with Gasteiger partial charge in [-0.3, -0.25) is 4.79 Å². The van der Waals surface area contributed by atoms with E-state index in [1.807, 2.05) is 36.4 Å². The first-order chi connectivity index (χ1) is 18.9. The van der Waals surface area contributed by atoms with Crippen molar-refractivity contribution in [3.05, 3.63) is 103 Å². The van der Waals surface area contributed by atoms with Crippen molar-refractivity contribution < 1.29 is 14.3 Å². The summed E-state index contributed by atoms with van der Waals surface area (Å²) in [6.07, 6.45) is 5.73. The zero-order valence-corrected chi connectivity index (χ0v) is 24.2. The molecule has 1 N–H and O–H groups in total. The number of hydrogen-bond donors (Lipinski definition) is 1. The van der Waals surface area contributed by atoms with Gasteiger partial charge in [-0.2, -0.15) is 0 Å². The number of carbonyl (C=O) groups is 1. The second-order valence-electron chi connectivity index (χ2n) is 9.04. The number of carbonyl (C=O) groups excluding carboxylic acids is 1. The molecule has 0 spiro atoms. The molecule has 1 heterocycles. The van der Waals surface area contributed by atoms with E-state index < -0.39 is 0 Å². The van der Waals surface area contributed by atoms with Crippen LogP contribution >= 0.6 is 46.1 Å². The lowest BCUT2D eigenvalue weighted by atomic mass is 9.95. The van der Waals surface area contributed by atoms with Gasteiger partial charge in [0.15, 0.2) is 11.5 Å². The van der Waals surface area contributed by atoms with E-state index in [9.17, 15) is 4.79 Å². The second kappa shape index (κ2) is 12.4. The maximum Gasteiger partial charge on any atom is 0.259 e. The number of anilines is 1. The van der Waals surface area contributed by atoms with Crippen molar-refractivity contribution >= 4 is 68.9 Å². The van der Waals surface area contributed by atoms with Crippen molar-refractivity contribution in [2.75, 3.05) is 12.4 Å². The van der Waals surface area contributed by atoms with Crippen LogP contribution < -0.4 is 14.8 Å². The Morgan fingerprint density at radius 1 is 1.00 bits per heavy atom. The first-order valence-corrected chi connectivity index (χ1v) is 14.4. The molecular weight excluding hydrogens is 575 g/mol. The van der Waals surface area contributed by atoms with Gasteiger partial charge in [0.2, 0.25) is 0 Å². The molecule has 0 bridgehead atoms. The number of fused-ring (bicyclic) bond motifs is 1. The third-order valence-electron chi connectivity index (χ3n) is 6.36. The number of thiophene rings is 1. The van der Waals surface area contributed by atoms with Crippen molar-refractivity contribution in [3.8, 4) is 11.5 Å². The summed E-state index contributed by atoms with van der Waals surface area (Å²) >= 11 is 20.3. The van der Waals surface area contributed by atoms with Gasteiger partial charge < -0.3 is 14.8 Å². The summed E-state index contributed by atoms with van der Waals surface area (Å²) in [6, 6.07) is 18.3. The Balaban J connectivity index is 1.40. The van der Waals surface area contributed by atoms with Gasteiger partial charge in [-0.05, 0) is 78.8 Å². The van der Waals surface area contributed by atoms with E-state index in [0.29, 0.717) is 37.1 Å². The van der Waals surface area contributed by atoms with Crippen molar-refractivity contribution in [3.63, 3.8) is 0 Å². The molecule has 200 valence electrons. The molecule has 0 atom stereocenters. The molecule has 0 fully saturated rings. The molecule has 0 radical (unpaired) electrons. The number of rotatable bonds is 8. The quantitative estimate of drug-likeness (QED) is 0.205. The van der Waals surface area contributed by atoms with Gasteiger partial charge in [0.05, 0.1) is 27.7 Å². The number of benzene rings is 3. The van der Waals surface area contributed by atoms with Crippen molar-refractivity contribution in [1.82, 2.24) is 0 Å². The van der Waals surface area contributed by atoms with Gasteiger partial charge in [-0.15, -0.1) is 11.3 Å². The molecule has 0 saturated carbocycles. The molecule has 4 aromatic rings. The summed E-state index contributed by atoms with van der Waals surface area (Å²) in [6.45, 7) is 0.237. The van der Waals surface area contributed by atoms with Gasteiger partial charge in [-0.1, -0.05) is 59.1 Å². The lowest BCUT2D eigenvalue weighted by molar-refractivity contribution is 0.102. The van der Waals surface area contributed by atoms with Crippen LogP contribution in [0.3, 0.4) is 0 Å². The van der Waals surface area contributed by atoms with E-state index in [-0.39, 0.29) is 12.5 Å². The molecule has 1 amide bonds. The highest BCUT2D eigenvalue weighted by Gasteiger charge is 2.25. The first kappa shape index (κ1) is 27.5. The average molecular weight is 600 g/mol. The average Bonchev–Trinajstić information content (AvgIpc) is 3.32. The third kappa shape index (κ3) is 6.42. The molecule has 0 saturated heterocycles. The van der Waals surface area contributed by atoms with E-state index >= 15 is 0 Å². The first-order valence-electron chi connectivity index (χ1n) is 12.4. The van der Waals surface area contributed by atoms with Crippen LogP contribution in [0.2, 0.25) is 15.1 Å². The topological polar surface area (TPSA) is 59.9 Å². The zero-order valence-electron chi connectivity index (χ0n) is 21.1. The zero-order chi connectivity index (χ0) is 27.4. The molecule has 5 nitrogen and oxygen atoms in total. The monoisotopic (exact) mass is 598 g/mol. The lowest BCUT2D eigenvalue weighted by Crippen LogP contribution is -2.14. The Hall–Kier alpha value is -3.03. The summed E-state index contributed by atoms with van der Waals surface area (Å²) in [7, 11) is 1.55. The second-order valence-corrected chi connectivity index (χ2v) is 11.3. The summed E-state index contributed by atoms with van der Waals surface area (Å²) in [5.74, 6) is 0.739. The fraction of sp³-hybridized carbons (Fsp3) is 0.200. The third-order valence-corrected chi connectivity index (χ3v) is 8.58. The van der Waals surface area contributed by atoms with Crippen LogP contribution in [0.1, 0.15) is 44.8 Å². The van der Waals surface area contributed by atoms with Gasteiger partial charge >= 0.3 is 0 Å². The van der Waals surface area contributed by atoms with Crippen molar-refractivity contribution in [2.24, 2.45) is 4.99 Å². The van der Waals surface area contributed by atoms with Crippen LogP contribution in [-0.4, -0.2) is 19.2 Å². The van der Waals surface area contributed by atoms with Crippen LogP contribution in [-0.2, 0) is 19.4 Å². The Morgan fingerprint density at radius 3 is 2.56 bits per heavy atom. The molecule has 0 aliphatic heterocycles. The number of hydrogen-bond acceptors (Lipinski definition) is 5. The molecular formula is C30H25Cl3N2O3S. The SMILES string of the molecule is COc1cc(C=Nc2sc3c(c2C(=O)Nc2ccccc2)CCCC3)cc(Cl)c1OCc1ccc(Cl)c(Cl)c1. The molecule has 3 aromatic carbocycles. The Morgan fingerprint density at radius 2 is 1.79 bits per heavy atom. The Kier molecular flexibility index (Phi) is 8.78. The maximum atomic E-state index is 13.4. The van der Waals surface area contributed by atoms with Crippen LogP contribution in [0.5, 0.6) is 11.5 Å². The largest absolute Gasteiger partial charge is 0.493 e. The lowest BCUT2D eigenvalue weighted by Gasteiger charge is -2.14. The number of amides is 1. The highest BCUT2D eigenvalue weighted by molar-refractivity contribution is 7.16. The van der Waals surface area contributed by atoms with Gasteiger partial charge in [0.25, 0.3) is 5.91 Å². The van der Waals surface area contributed by atoms with E-state index in [1.165, 1.54) is 4.88 Å². The Labute approximate surface area is 246 Å². The molecule has 0 unspecified atom stereocenters. The van der Waals surface area contributed by atoms with Crippen LogP contribution in [0.15, 0.2) is 65.7 Å². The predicted molar refractivity (Wildman–Crippen MR) is 161 cm³/mol. The number of aliphatic imine (C=N–C) groups is 1. The molecule has 5 rings (SSSR count). The van der Waals surface area contributed by atoms with Crippen molar-refractivity contribution in [1.29, 1.82) is 0 Å². The van der Waals surface area contributed by atoms with E-state index in [0.717, 1.165) is 48.1 Å². The van der Waals surface area contributed by atoms with E-state index in [4.69, 9.17) is 49.3 Å². The number of halogens is 3. The number of para-hydroxylation sites is 1. The van der Waals surface area contributed by atoms with Crippen molar-refractivity contribution in [2.45, 2.75) is 32.3 Å². The van der Waals surface area contributed by atoms with Crippen LogP contribution in [0.4, 0.5) is 10.7 Å². The number of aryl methyl sites for hydroxylation is 1. The minimum absolute atomic E-state index is 0.144. The summed E-state index contributed by atoms with van der Waals surface area (Å²) in [5, 5.41) is 5.02. The number of ether oxygens (including phenoxy) is 2. The van der Waals surface area contributed by atoms with E-state index in [2.05, 4.69) is 5.32 Å². The highest BCUT2D eigenvalue weighted by atomic mass is 35.5. The summed E-state index contributed by atoms with van der Waals surface area (Å²) in [4.78, 5) is 19.3. The highest BCUT2D eigenvalue weighted by Crippen LogP contribution is 2.41. The minimum Gasteiger partial charge on any atom is -0.493 e. The van der Waals surface area contributed by atoms with Crippen LogP contribution in [0.25, 0.3) is 0 Å². The number of nitrogens with zero attached hydrogens (tertiary/aromatic N) is 1. The van der Waals surface area contributed by atoms with Gasteiger partial charge in [-0.25, -0.2) is 4.99 Å². The Bertz CT molecular complexity index is 1540. The van der Waals surface area contributed by atoms with Gasteiger partial charge in [0.1, 0.15) is 11.6 Å². The van der Waals surface area contributed by atoms with E-state index in [1.54, 1.807) is 48.9 Å². The number of nitrogens with one attached hydrogen (secondary N) is 1. The standard InChI is InChI=1S/C30H25Cl3N2O3S/c1-37-25-15-19(14-24(33)28(25)38-17-18-11-12-22(31)23(32)13-18)16-34-30-27(21-9-5-6-10-26(21)39-30)29(36)35-20-7-3-2-4-8-20/h2-4,7-8,11-16H,5-6,9-10,17H2,1H3,(H,35,36). The molecule has 1 aliphatic carbocycles. The number of methoxy groups -OCH3 is 1. The smallest absolute Gasteiger partial charge is 0.259 e. The fourth-order valence-corrected chi connectivity index (χ4v) is 6.29.